The minimum absolute atomic E-state index is 0.0150. The van der Waals surface area contributed by atoms with Gasteiger partial charge < -0.3 is 15.0 Å². The topological polar surface area (TPSA) is 41.6 Å². The van der Waals surface area contributed by atoms with Gasteiger partial charge in [-0.05, 0) is 13.3 Å². The van der Waals surface area contributed by atoms with Crippen LogP contribution in [0.1, 0.15) is 19.8 Å². The van der Waals surface area contributed by atoms with E-state index < -0.39 is 0 Å². The van der Waals surface area contributed by atoms with E-state index in [1.807, 2.05) is 0 Å². The van der Waals surface area contributed by atoms with Crippen LogP contribution in [0.5, 0.6) is 0 Å². The molecule has 1 aliphatic heterocycles. The molecule has 0 bridgehead atoms. The average Bonchev–Trinajstić information content (AvgIpc) is 2.09. The maximum atomic E-state index is 11.2. The molecule has 1 fully saturated rings. The van der Waals surface area contributed by atoms with Crippen molar-refractivity contribution < 1.29 is 9.53 Å². The molecule has 1 aliphatic rings. The van der Waals surface area contributed by atoms with Crippen molar-refractivity contribution in [3.63, 3.8) is 0 Å². The zero-order valence-electron chi connectivity index (χ0n) is 9.30. The molecule has 1 N–H and O–H groups in total. The van der Waals surface area contributed by atoms with E-state index in [1.165, 1.54) is 0 Å². The van der Waals surface area contributed by atoms with Gasteiger partial charge in [-0.25, -0.2) is 0 Å². The third-order valence-electron chi connectivity index (χ3n) is 2.48. The molecule has 0 atom stereocenters. The molecular formula is C10H20N2O2. The van der Waals surface area contributed by atoms with Gasteiger partial charge in [-0.3, -0.25) is 4.79 Å². The quantitative estimate of drug-likeness (QED) is 0.646. The van der Waals surface area contributed by atoms with Gasteiger partial charge in [0.1, 0.15) is 0 Å². The lowest BCUT2D eigenvalue weighted by molar-refractivity contribution is -0.129. The Balaban J connectivity index is 2.02. The van der Waals surface area contributed by atoms with Gasteiger partial charge in [0.05, 0.1) is 5.60 Å². The Labute approximate surface area is 85.6 Å². The summed E-state index contributed by atoms with van der Waals surface area (Å²) in [5, 5.41) is 3.17. The third kappa shape index (κ3) is 3.27. The van der Waals surface area contributed by atoms with Gasteiger partial charge in [-0.1, -0.05) is 0 Å². The molecule has 0 aliphatic carbocycles. The fourth-order valence-corrected chi connectivity index (χ4v) is 1.34. The summed E-state index contributed by atoms with van der Waals surface area (Å²) in [6, 6.07) is 0. The summed E-state index contributed by atoms with van der Waals surface area (Å²) in [6.45, 7) is 4.62. The van der Waals surface area contributed by atoms with E-state index in [0.717, 1.165) is 19.5 Å². The van der Waals surface area contributed by atoms with Crippen LogP contribution in [0.4, 0.5) is 0 Å². The molecule has 14 heavy (non-hydrogen) atoms. The highest BCUT2D eigenvalue weighted by atomic mass is 16.5. The van der Waals surface area contributed by atoms with Crippen LogP contribution in [0.3, 0.4) is 0 Å². The SMILES string of the molecule is CN(C)C(=O)CCCOC1(C)CNC1. The second-order valence-corrected chi connectivity index (χ2v) is 4.29. The van der Waals surface area contributed by atoms with Gasteiger partial charge in [0, 0.05) is 40.2 Å². The molecule has 0 saturated carbocycles. The maximum Gasteiger partial charge on any atom is 0.222 e. The first-order valence-electron chi connectivity index (χ1n) is 5.08. The van der Waals surface area contributed by atoms with Crippen molar-refractivity contribution >= 4 is 5.91 Å². The van der Waals surface area contributed by atoms with Crippen molar-refractivity contribution in [1.82, 2.24) is 10.2 Å². The first-order chi connectivity index (χ1) is 6.53. The summed E-state index contributed by atoms with van der Waals surface area (Å²) < 4.78 is 5.66. The van der Waals surface area contributed by atoms with Crippen LogP contribution in [-0.2, 0) is 9.53 Å². The molecule has 1 rings (SSSR count). The molecule has 0 spiro atoms. The summed E-state index contributed by atoms with van der Waals surface area (Å²) >= 11 is 0. The molecule has 4 nitrogen and oxygen atoms in total. The molecule has 1 heterocycles. The van der Waals surface area contributed by atoms with E-state index in [-0.39, 0.29) is 11.5 Å². The average molecular weight is 200 g/mol. The van der Waals surface area contributed by atoms with Crippen LogP contribution in [0.15, 0.2) is 0 Å². The van der Waals surface area contributed by atoms with Crippen LogP contribution in [0.2, 0.25) is 0 Å². The van der Waals surface area contributed by atoms with Crippen molar-refractivity contribution in [3.8, 4) is 0 Å². The Morgan fingerprint density at radius 1 is 1.50 bits per heavy atom. The number of hydrogen-bond donors (Lipinski definition) is 1. The Kier molecular flexibility index (Phi) is 3.89. The van der Waals surface area contributed by atoms with Gasteiger partial charge in [-0.2, -0.15) is 0 Å². The molecule has 1 saturated heterocycles. The second kappa shape index (κ2) is 4.75. The molecule has 4 heteroatoms. The maximum absolute atomic E-state index is 11.2. The molecule has 0 aromatic heterocycles. The van der Waals surface area contributed by atoms with Gasteiger partial charge in [0.25, 0.3) is 0 Å². The summed E-state index contributed by atoms with van der Waals surface area (Å²) in [4.78, 5) is 12.8. The molecule has 0 aromatic rings. The van der Waals surface area contributed by atoms with Gasteiger partial charge in [-0.15, -0.1) is 0 Å². The van der Waals surface area contributed by atoms with Gasteiger partial charge in [0.15, 0.2) is 0 Å². The van der Waals surface area contributed by atoms with Crippen molar-refractivity contribution in [3.05, 3.63) is 0 Å². The lowest BCUT2D eigenvalue weighted by Crippen LogP contribution is -2.59. The lowest BCUT2D eigenvalue weighted by Gasteiger charge is -2.39. The smallest absolute Gasteiger partial charge is 0.222 e. The largest absolute Gasteiger partial charge is 0.373 e. The number of carbonyl (C=O) groups excluding carboxylic acids is 1. The number of nitrogens with one attached hydrogen (secondary N) is 1. The van der Waals surface area contributed by atoms with Crippen molar-refractivity contribution in [2.75, 3.05) is 33.8 Å². The fourth-order valence-electron chi connectivity index (χ4n) is 1.34. The number of nitrogens with zero attached hydrogens (tertiary/aromatic N) is 1. The number of carbonyl (C=O) groups is 1. The standard InChI is InChI=1S/C10H20N2O2/c1-10(7-11-8-10)14-6-4-5-9(13)12(2)3/h11H,4-8H2,1-3H3. The number of hydrogen-bond acceptors (Lipinski definition) is 3. The first-order valence-corrected chi connectivity index (χ1v) is 5.08. The molecule has 0 radical (unpaired) electrons. The highest BCUT2D eigenvalue weighted by Crippen LogP contribution is 2.15. The predicted octanol–water partition coefficient (Wildman–Crippen LogP) is 0.233. The number of rotatable bonds is 5. The highest BCUT2D eigenvalue weighted by molar-refractivity contribution is 5.75. The summed E-state index contributed by atoms with van der Waals surface area (Å²) in [5.41, 5.74) is 0.0150. The minimum atomic E-state index is 0.0150. The van der Waals surface area contributed by atoms with Gasteiger partial charge >= 0.3 is 0 Å². The zero-order chi connectivity index (χ0) is 10.6. The lowest BCUT2D eigenvalue weighted by atomic mass is 10.0. The molecule has 0 aromatic carbocycles. The van der Waals surface area contributed by atoms with Crippen LogP contribution in [0.25, 0.3) is 0 Å². The van der Waals surface area contributed by atoms with Gasteiger partial charge in [0.2, 0.25) is 5.91 Å². The van der Waals surface area contributed by atoms with E-state index in [9.17, 15) is 4.79 Å². The van der Waals surface area contributed by atoms with E-state index in [0.29, 0.717) is 13.0 Å². The van der Waals surface area contributed by atoms with E-state index >= 15 is 0 Å². The Bertz CT molecular complexity index is 200. The van der Waals surface area contributed by atoms with E-state index in [2.05, 4.69) is 12.2 Å². The zero-order valence-corrected chi connectivity index (χ0v) is 9.30. The summed E-state index contributed by atoms with van der Waals surface area (Å²) in [5.74, 6) is 0.172. The van der Waals surface area contributed by atoms with E-state index in [4.69, 9.17) is 4.74 Å². The Morgan fingerprint density at radius 2 is 2.14 bits per heavy atom. The molecule has 1 amide bonds. The Morgan fingerprint density at radius 3 is 2.57 bits per heavy atom. The predicted molar refractivity (Wildman–Crippen MR) is 55.2 cm³/mol. The summed E-state index contributed by atoms with van der Waals surface area (Å²) in [7, 11) is 3.56. The Hall–Kier alpha value is -0.610. The van der Waals surface area contributed by atoms with Crippen LogP contribution in [0, 0.1) is 0 Å². The van der Waals surface area contributed by atoms with Crippen LogP contribution in [-0.4, -0.2) is 50.2 Å². The van der Waals surface area contributed by atoms with E-state index in [1.54, 1.807) is 19.0 Å². The number of ether oxygens (including phenoxy) is 1. The van der Waals surface area contributed by atoms with Crippen molar-refractivity contribution in [2.45, 2.75) is 25.4 Å². The van der Waals surface area contributed by atoms with Crippen molar-refractivity contribution in [2.24, 2.45) is 0 Å². The molecular weight excluding hydrogens is 180 g/mol. The number of amides is 1. The second-order valence-electron chi connectivity index (χ2n) is 4.29. The first kappa shape index (κ1) is 11.5. The third-order valence-corrected chi connectivity index (χ3v) is 2.48. The fraction of sp³-hybridized carbons (Fsp3) is 0.900. The van der Waals surface area contributed by atoms with Crippen LogP contribution >= 0.6 is 0 Å². The van der Waals surface area contributed by atoms with Crippen LogP contribution < -0.4 is 5.32 Å². The molecule has 0 unspecified atom stereocenters. The minimum Gasteiger partial charge on any atom is -0.373 e. The monoisotopic (exact) mass is 200 g/mol. The molecule has 82 valence electrons. The highest BCUT2D eigenvalue weighted by Gasteiger charge is 2.31. The summed E-state index contributed by atoms with van der Waals surface area (Å²) in [6.07, 6.45) is 1.39. The normalized spacial score (nSPS) is 18.8. The van der Waals surface area contributed by atoms with Crippen molar-refractivity contribution in [1.29, 1.82) is 0 Å².